The number of carbonyl (C=O) groups excluding carboxylic acids is 1. The Balaban J connectivity index is 2.04. The van der Waals surface area contributed by atoms with Crippen LogP contribution in [0.5, 0.6) is 5.75 Å². The summed E-state index contributed by atoms with van der Waals surface area (Å²) in [5.41, 5.74) is 1.95. The van der Waals surface area contributed by atoms with Gasteiger partial charge in [-0.15, -0.1) is 0 Å². The van der Waals surface area contributed by atoms with E-state index in [0.29, 0.717) is 18.8 Å². The topological polar surface area (TPSA) is 35.5 Å². The number of unbranched alkanes of at least 4 members (excludes halogenated alkanes) is 3. The molecule has 3 rings (SSSR count). The van der Waals surface area contributed by atoms with E-state index >= 15 is 0 Å². The normalized spacial score (nSPS) is 11.7. The molecule has 186 valence electrons. The standard InChI is InChI=1S/C31H39O3S/c1-4-7-13-25-16-19-28(20-17-25)35(27-14-11-10-12-15-27)30-21-18-26(33-22-8-5-2)24-29(30)31(32)34-23-9-6-3/h10-12,14-21,24H,4-9,13,22-23H2,1-3H3/q+1. The Morgan fingerprint density at radius 2 is 1.40 bits per heavy atom. The van der Waals surface area contributed by atoms with Crippen molar-refractivity contribution in [3.63, 3.8) is 0 Å². The number of carbonyl (C=O) groups is 1. The summed E-state index contributed by atoms with van der Waals surface area (Å²) in [5, 5.41) is 0. The molecule has 3 nitrogen and oxygen atoms in total. The van der Waals surface area contributed by atoms with Gasteiger partial charge in [-0.2, -0.15) is 0 Å². The zero-order valence-corrected chi connectivity index (χ0v) is 22.2. The molecule has 0 heterocycles. The lowest BCUT2D eigenvalue weighted by Gasteiger charge is -2.14. The van der Waals surface area contributed by atoms with Crippen LogP contribution in [0.1, 0.15) is 75.2 Å². The predicted octanol–water partition coefficient (Wildman–Crippen LogP) is 8.26. The van der Waals surface area contributed by atoms with Crippen molar-refractivity contribution in [2.45, 2.75) is 80.4 Å². The molecule has 35 heavy (non-hydrogen) atoms. The van der Waals surface area contributed by atoms with Gasteiger partial charge >= 0.3 is 5.97 Å². The molecule has 1 unspecified atom stereocenters. The fraction of sp³-hybridized carbons (Fsp3) is 0.387. The van der Waals surface area contributed by atoms with E-state index in [1.165, 1.54) is 28.2 Å². The second-order valence-electron chi connectivity index (χ2n) is 8.72. The molecule has 0 radical (unpaired) electrons. The van der Waals surface area contributed by atoms with Crippen molar-refractivity contribution < 1.29 is 14.3 Å². The van der Waals surface area contributed by atoms with Gasteiger partial charge < -0.3 is 9.47 Å². The number of hydrogen-bond acceptors (Lipinski definition) is 3. The summed E-state index contributed by atoms with van der Waals surface area (Å²) < 4.78 is 11.6. The van der Waals surface area contributed by atoms with E-state index in [-0.39, 0.29) is 5.97 Å². The molecule has 0 aromatic heterocycles. The van der Waals surface area contributed by atoms with Gasteiger partial charge in [0.1, 0.15) is 22.2 Å². The first-order chi connectivity index (χ1) is 17.2. The van der Waals surface area contributed by atoms with E-state index in [9.17, 15) is 4.79 Å². The number of aryl methyl sites for hydroxylation is 1. The van der Waals surface area contributed by atoms with E-state index in [0.717, 1.165) is 42.7 Å². The highest BCUT2D eigenvalue weighted by Gasteiger charge is 2.34. The summed E-state index contributed by atoms with van der Waals surface area (Å²) >= 11 is 0. The summed E-state index contributed by atoms with van der Waals surface area (Å²) in [6.45, 7) is 7.53. The Bertz CT molecular complexity index is 1030. The van der Waals surface area contributed by atoms with Gasteiger partial charge in [-0.3, -0.25) is 0 Å². The van der Waals surface area contributed by atoms with E-state index in [4.69, 9.17) is 9.47 Å². The van der Waals surface area contributed by atoms with Crippen LogP contribution in [-0.2, 0) is 22.1 Å². The highest BCUT2D eigenvalue weighted by molar-refractivity contribution is 7.97. The van der Waals surface area contributed by atoms with Gasteiger partial charge in [0.05, 0.1) is 13.2 Å². The monoisotopic (exact) mass is 491 g/mol. The Morgan fingerprint density at radius 1 is 0.743 bits per heavy atom. The number of ether oxygens (including phenoxy) is 2. The third-order valence-corrected chi connectivity index (χ3v) is 8.13. The Morgan fingerprint density at radius 3 is 2.09 bits per heavy atom. The molecule has 0 saturated heterocycles. The summed E-state index contributed by atoms with van der Waals surface area (Å²) in [5.74, 6) is 0.443. The molecular formula is C31H39O3S+. The summed E-state index contributed by atoms with van der Waals surface area (Å²) in [7, 11) is -0.440. The molecule has 3 aromatic carbocycles. The number of esters is 1. The van der Waals surface area contributed by atoms with Crippen LogP contribution in [0.4, 0.5) is 0 Å². The van der Waals surface area contributed by atoms with Crippen LogP contribution in [0.15, 0.2) is 87.5 Å². The SMILES string of the molecule is CCCCOC(=O)c1cc(OCCCC)ccc1[S+](c1ccccc1)c1ccc(CCCC)cc1. The van der Waals surface area contributed by atoms with Crippen LogP contribution in [-0.4, -0.2) is 19.2 Å². The van der Waals surface area contributed by atoms with Crippen molar-refractivity contribution in [1.82, 2.24) is 0 Å². The molecule has 0 fully saturated rings. The fourth-order valence-corrected chi connectivity index (χ4v) is 5.96. The number of hydrogen-bond donors (Lipinski definition) is 0. The van der Waals surface area contributed by atoms with Gasteiger partial charge in [-0.1, -0.05) is 70.4 Å². The summed E-state index contributed by atoms with van der Waals surface area (Å²) in [4.78, 5) is 16.6. The van der Waals surface area contributed by atoms with E-state index in [1.807, 2.05) is 18.2 Å². The highest BCUT2D eigenvalue weighted by atomic mass is 32.2. The molecule has 1 atom stereocenters. The quantitative estimate of drug-likeness (QED) is 0.129. The van der Waals surface area contributed by atoms with Crippen molar-refractivity contribution in [2.24, 2.45) is 0 Å². The van der Waals surface area contributed by atoms with Crippen molar-refractivity contribution in [2.75, 3.05) is 13.2 Å². The van der Waals surface area contributed by atoms with Crippen LogP contribution >= 0.6 is 0 Å². The second kappa shape index (κ2) is 14.6. The van der Waals surface area contributed by atoms with Crippen molar-refractivity contribution in [3.8, 4) is 5.75 Å². The molecule has 0 aliphatic rings. The lowest BCUT2D eigenvalue weighted by molar-refractivity contribution is 0.0495. The molecule has 0 bridgehead atoms. The smallest absolute Gasteiger partial charge is 0.343 e. The Labute approximate surface area is 214 Å². The molecule has 0 N–H and O–H groups in total. The largest absolute Gasteiger partial charge is 0.494 e. The zero-order valence-electron chi connectivity index (χ0n) is 21.4. The van der Waals surface area contributed by atoms with Crippen LogP contribution in [0, 0.1) is 0 Å². The molecule has 3 aromatic rings. The molecule has 0 aliphatic heterocycles. The van der Waals surface area contributed by atoms with Crippen LogP contribution in [0.2, 0.25) is 0 Å². The average molecular weight is 492 g/mol. The minimum absolute atomic E-state index is 0.276. The number of rotatable bonds is 14. The first-order valence-electron chi connectivity index (χ1n) is 13.0. The first kappa shape index (κ1) is 26.9. The Kier molecular flexibility index (Phi) is 11.2. The van der Waals surface area contributed by atoms with Crippen LogP contribution < -0.4 is 4.74 Å². The fourth-order valence-electron chi connectivity index (χ4n) is 3.78. The first-order valence-corrected chi connectivity index (χ1v) is 14.2. The van der Waals surface area contributed by atoms with Gasteiger partial charge in [0.2, 0.25) is 0 Å². The minimum Gasteiger partial charge on any atom is -0.494 e. The van der Waals surface area contributed by atoms with E-state index < -0.39 is 10.9 Å². The van der Waals surface area contributed by atoms with Gasteiger partial charge in [-0.25, -0.2) is 4.79 Å². The van der Waals surface area contributed by atoms with Gasteiger partial charge in [0.15, 0.2) is 14.7 Å². The lowest BCUT2D eigenvalue weighted by Crippen LogP contribution is -2.14. The zero-order chi connectivity index (χ0) is 24.9. The molecule has 0 aliphatic carbocycles. The van der Waals surface area contributed by atoms with Crippen molar-refractivity contribution in [1.29, 1.82) is 0 Å². The Hall–Kier alpha value is -2.72. The second-order valence-corrected chi connectivity index (χ2v) is 10.7. The molecule has 0 spiro atoms. The predicted molar refractivity (Wildman–Crippen MR) is 146 cm³/mol. The maximum atomic E-state index is 13.3. The third-order valence-electron chi connectivity index (χ3n) is 5.85. The van der Waals surface area contributed by atoms with Crippen molar-refractivity contribution >= 4 is 16.9 Å². The maximum Gasteiger partial charge on any atom is 0.343 e. The van der Waals surface area contributed by atoms with Crippen LogP contribution in [0.3, 0.4) is 0 Å². The lowest BCUT2D eigenvalue weighted by atomic mass is 10.1. The van der Waals surface area contributed by atoms with Crippen LogP contribution in [0.25, 0.3) is 0 Å². The number of benzene rings is 3. The van der Waals surface area contributed by atoms with Gasteiger partial charge in [-0.05, 0) is 73.7 Å². The summed E-state index contributed by atoms with van der Waals surface area (Å²) in [6.07, 6.45) is 7.36. The van der Waals surface area contributed by atoms with E-state index in [2.05, 4.69) is 75.4 Å². The van der Waals surface area contributed by atoms with E-state index in [1.54, 1.807) is 0 Å². The third kappa shape index (κ3) is 7.90. The summed E-state index contributed by atoms with van der Waals surface area (Å²) in [6, 6.07) is 25.3. The average Bonchev–Trinajstić information content (AvgIpc) is 2.90. The minimum atomic E-state index is -0.440. The highest BCUT2D eigenvalue weighted by Crippen LogP contribution is 2.35. The maximum absolute atomic E-state index is 13.3. The van der Waals surface area contributed by atoms with Gasteiger partial charge in [0.25, 0.3) is 0 Å². The molecular weight excluding hydrogens is 452 g/mol. The van der Waals surface area contributed by atoms with Crippen molar-refractivity contribution in [3.05, 3.63) is 83.9 Å². The molecule has 0 amide bonds. The molecule has 0 saturated carbocycles. The van der Waals surface area contributed by atoms with Gasteiger partial charge in [0, 0.05) is 0 Å². The molecule has 4 heteroatoms.